The Morgan fingerprint density at radius 1 is 1.57 bits per heavy atom. The summed E-state index contributed by atoms with van der Waals surface area (Å²) in [6.07, 6.45) is 3.33. The Morgan fingerprint density at radius 3 is 3.00 bits per heavy atom. The van der Waals surface area contributed by atoms with E-state index in [1.165, 1.54) is 12.3 Å². The summed E-state index contributed by atoms with van der Waals surface area (Å²) in [7, 11) is -3.69. The van der Waals surface area contributed by atoms with Crippen LogP contribution in [-0.2, 0) is 14.8 Å². The molecule has 0 amide bonds. The monoisotopic (exact) mass is 378 g/mol. The van der Waals surface area contributed by atoms with Crippen molar-refractivity contribution < 1.29 is 13.2 Å². The van der Waals surface area contributed by atoms with Crippen molar-refractivity contribution in [3.8, 4) is 0 Å². The van der Waals surface area contributed by atoms with Crippen LogP contribution in [0.4, 0.5) is 5.82 Å². The van der Waals surface area contributed by atoms with Gasteiger partial charge < -0.3 is 10.2 Å². The van der Waals surface area contributed by atoms with Crippen molar-refractivity contribution in [1.82, 2.24) is 9.71 Å². The molecule has 9 heteroatoms. The summed E-state index contributed by atoms with van der Waals surface area (Å²) in [5.74, 6) is 5.62. The van der Waals surface area contributed by atoms with Gasteiger partial charge in [0, 0.05) is 29.7 Å². The Balaban J connectivity index is 2.13. The topological polar surface area (TPSA) is 106 Å². The van der Waals surface area contributed by atoms with Crippen molar-refractivity contribution in [1.29, 1.82) is 0 Å². The number of pyridine rings is 1. The number of nitrogens with two attached hydrogens (primary N) is 1. The number of ether oxygens (including phenoxy) is 1. The fourth-order valence-electron chi connectivity index (χ4n) is 2.41. The van der Waals surface area contributed by atoms with Crippen molar-refractivity contribution >= 4 is 31.8 Å². The predicted octanol–water partition coefficient (Wildman–Crippen LogP) is 1.22. The summed E-state index contributed by atoms with van der Waals surface area (Å²) in [6.45, 7) is 3.06. The number of anilines is 1. The number of nitrogens with zero attached hydrogens (tertiary/aromatic N) is 1. The van der Waals surface area contributed by atoms with Crippen LogP contribution in [0.25, 0.3) is 0 Å². The van der Waals surface area contributed by atoms with Crippen molar-refractivity contribution in [2.24, 2.45) is 11.8 Å². The van der Waals surface area contributed by atoms with Gasteiger partial charge in [-0.1, -0.05) is 6.92 Å². The Morgan fingerprint density at radius 2 is 2.33 bits per heavy atom. The molecular formula is C12H19BrN4O3S. The highest BCUT2D eigenvalue weighted by Gasteiger charge is 2.29. The number of nitrogens with one attached hydrogen (secondary N) is 2. The lowest BCUT2D eigenvalue weighted by molar-refractivity contribution is 0.0884. The van der Waals surface area contributed by atoms with Crippen LogP contribution in [0.1, 0.15) is 19.8 Å². The Labute approximate surface area is 132 Å². The average Bonchev–Trinajstić information content (AvgIpc) is 2.92. The fourth-order valence-corrected chi connectivity index (χ4v) is 4.13. The van der Waals surface area contributed by atoms with E-state index in [9.17, 15) is 8.42 Å². The predicted molar refractivity (Wildman–Crippen MR) is 83.1 cm³/mol. The molecule has 0 aromatic carbocycles. The average molecular weight is 379 g/mol. The van der Waals surface area contributed by atoms with Crippen molar-refractivity contribution in [3.05, 3.63) is 16.7 Å². The van der Waals surface area contributed by atoms with Gasteiger partial charge >= 0.3 is 0 Å². The zero-order valence-corrected chi connectivity index (χ0v) is 14.1. The molecular weight excluding hydrogens is 360 g/mol. The van der Waals surface area contributed by atoms with Crippen LogP contribution in [0, 0.1) is 5.92 Å². The van der Waals surface area contributed by atoms with E-state index in [0.29, 0.717) is 17.6 Å². The summed E-state index contributed by atoms with van der Waals surface area (Å²) >= 11 is 3.21. The normalized spacial score (nSPS) is 22.4. The SMILES string of the molecule is CCC1OCCC1CNS(=O)(=O)c1cc(Br)cnc1NN. The van der Waals surface area contributed by atoms with E-state index in [-0.39, 0.29) is 22.7 Å². The maximum Gasteiger partial charge on any atom is 0.244 e. The van der Waals surface area contributed by atoms with Gasteiger partial charge in [-0.2, -0.15) is 0 Å². The summed E-state index contributed by atoms with van der Waals surface area (Å²) in [5, 5.41) is 0. The van der Waals surface area contributed by atoms with Gasteiger partial charge in [-0.3, -0.25) is 0 Å². The molecule has 0 spiro atoms. The van der Waals surface area contributed by atoms with Crippen LogP contribution in [-0.4, -0.2) is 32.7 Å². The van der Waals surface area contributed by atoms with Gasteiger partial charge in [-0.15, -0.1) is 0 Å². The smallest absolute Gasteiger partial charge is 0.244 e. The van der Waals surface area contributed by atoms with Crippen LogP contribution in [0.3, 0.4) is 0 Å². The first-order valence-electron chi connectivity index (χ1n) is 6.71. The quantitative estimate of drug-likeness (QED) is 0.507. The standard InChI is InChI=1S/C12H19BrN4O3S/c1-2-10-8(3-4-20-10)6-16-21(18,19)11-5-9(13)7-15-12(11)17-14/h5,7-8,10,16H,2-4,6,14H2,1H3,(H,15,17). The Bertz CT molecular complexity index is 596. The second kappa shape index (κ2) is 7.01. The molecule has 1 aromatic rings. The van der Waals surface area contributed by atoms with Crippen LogP contribution >= 0.6 is 15.9 Å². The molecule has 118 valence electrons. The van der Waals surface area contributed by atoms with Crippen LogP contribution in [0.15, 0.2) is 21.6 Å². The van der Waals surface area contributed by atoms with Gasteiger partial charge in [0.25, 0.3) is 0 Å². The highest BCUT2D eigenvalue weighted by Crippen LogP contribution is 2.25. The number of hydrazine groups is 1. The number of hydrogen-bond donors (Lipinski definition) is 3. The molecule has 0 radical (unpaired) electrons. The molecule has 2 unspecified atom stereocenters. The number of sulfonamides is 1. The van der Waals surface area contributed by atoms with Gasteiger partial charge in [-0.25, -0.2) is 24.0 Å². The Kier molecular flexibility index (Phi) is 5.55. The number of hydrogen-bond acceptors (Lipinski definition) is 6. The lowest BCUT2D eigenvalue weighted by atomic mass is 10.0. The van der Waals surface area contributed by atoms with Crippen molar-refractivity contribution in [3.63, 3.8) is 0 Å². The van der Waals surface area contributed by atoms with E-state index in [4.69, 9.17) is 10.6 Å². The maximum atomic E-state index is 12.4. The fraction of sp³-hybridized carbons (Fsp3) is 0.583. The molecule has 1 aliphatic rings. The molecule has 2 heterocycles. The van der Waals surface area contributed by atoms with Crippen molar-refractivity contribution in [2.45, 2.75) is 30.8 Å². The van der Waals surface area contributed by atoms with Crippen LogP contribution in [0.2, 0.25) is 0 Å². The lowest BCUT2D eigenvalue weighted by Gasteiger charge is -2.18. The summed E-state index contributed by atoms with van der Waals surface area (Å²) in [5.41, 5.74) is 2.30. The first-order valence-corrected chi connectivity index (χ1v) is 8.99. The second-order valence-electron chi connectivity index (χ2n) is 4.86. The van der Waals surface area contributed by atoms with Gasteiger partial charge in [0.05, 0.1) is 6.10 Å². The van der Waals surface area contributed by atoms with Crippen molar-refractivity contribution in [2.75, 3.05) is 18.6 Å². The maximum absolute atomic E-state index is 12.4. The third-order valence-electron chi connectivity index (χ3n) is 3.53. The van der Waals surface area contributed by atoms with E-state index >= 15 is 0 Å². The number of nitrogen functional groups attached to an aromatic ring is 1. The van der Waals surface area contributed by atoms with E-state index in [0.717, 1.165) is 12.8 Å². The molecule has 0 bridgehead atoms. The Hall–Kier alpha value is -0.740. The second-order valence-corrected chi connectivity index (χ2v) is 7.51. The molecule has 7 nitrogen and oxygen atoms in total. The van der Waals surface area contributed by atoms with Gasteiger partial charge in [0.2, 0.25) is 10.0 Å². The van der Waals surface area contributed by atoms with E-state index in [2.05, 4.69) is 31.1 Å². The van der Waals surface area contributed by atoms with Crippen LogP contribution in [0.5, 0.6) is 0 Å². The molecule has 2 rings (SSSR count). The number of halogens is 1. The summed E-state index contributed by atoms with van der Waals surface area (Å²) in [4.78, 5) is 3.97. The van der Waals surface area contributed by atoms with E-state index < -0.39 is 10.0 Å². The van der Waals surface area contributed by atoms with E-state index in [1.807, 2.05) is 6.92 Å². The van der Waals surface area contributed by atoms with E-state index in [1.54, 1.807) is 0 Å². The minimum Gasteiger partial charge on any atom is -0.378 e. The number of rotatable bonds is 6. The zero-order chi connectivity index (χ0) is 15.5. The molecule has 2 atom stereocenters. The first-order chi connectivity index (χ1) is 9.97. The molecule has 0 aliphatic carbocycles. The zero-order valence-electron chi connectivity index (χ0n) is 11.7. The third kappa shape index (κ3) is 3.92. The molecule has 21 heavy (non-hydrogen) atoms. The molecule has 1 saturated heterocycles. The highest BCUT2D eigenvalue weighted by atomic mass is 79.9. The van der Waals surface area contributed by atoms with Gasteiger partial charge in [-0.05, 0) is 34.8 Å². The molecule has 1 fully saturated rings. The minimum absolute atomic E-state index is 0.0198. The third-order valence-corrected chi connectivity index (χ3v) is 5.40. The number of aromatic nitrogens is 1. The molecule has 1 aliphatic heterocycles. The summed E-state index contributed by atoms with van der Waals surface area (Å²) in [6, 6.07) is 1.47. The minimum atomic E-state index is -3.69. The first kappa shape index (κ1) is 16.6. The summed E-state index contributed by atoms with van der Waals surface area (Å²) < 4.78 is 33.6. The van der Waals surface area contributed by atoms with Gasteiger partial charge in [0.1, 0.15) is 4.90 Å². The van der Waals surface area contributed by atoms with Gasteiger partial charge in [0.15, 0.2) is 5.82 Å². The molecule has 1 aromatic heterocycles. The molecule has 0 saturated carbocycles. The molecule has 4 N–H and O–H groups in total. The largest absolute Gasteiger partial charge is 0.378 e. The highest BCUT2D eigenvalue weighted by molar-refractivity contribution is 9.10. The van der Waals surface area contributed by atoms with Crippen LogP contribution < -0.4 is 16.0 Å². The lowest BCUT2D eigenvalue weighted by Crippen LogP contribution is -2.33.